The molecule has 1 aliphatic rings. The zero-order chi connectivity index (χ0) is 14.2. The van der Waals surface area contributed by atoms with E-state index in [-0.39, 0.29) is 35.9 Å². The standard InChI is InChI=1S/C15H22FN3O.HI/c1-17-15(19-11-14-6-3-9-20-14)18-8-7-12-4-2-5-13(16)10-12;/h2,4-5,10,14H,3,6-9,11H2,1H3,(H2,17,18,19);1H. The van der Waals surface area contributed by atoms with Gasteiger partial charge in [-0.15, -0.1) is 24.0 Å². The molecule has 4 nitrogen and oxygen atoms in total. The summed E-state index contributed by atoms with van der Waals surface area (Å²) in [6, 6.07) is 6.67. The Morgan fingerprint density at radius 1 is 1.43 bits per heavy atom. The third-order valence-corrected chi connectivity index (χ3v) is 3.34. The van der Waals surface area contributed by atoms with Crippen LogP contribution >= 0.6 is 24.0 Å². The summed E-state index contributed by atoms with van der Waals surface area (Å²) in [6.07, 6.45) is 3.29. The molecule has 2 rings (SSSR count). The van der Waals surface area contributed by atoms with Crippen LogP contribution in [-0.4, -0.2) is 38.8 Å². The van der Waals surface area contributed by atoms with Gasteiger partial charge in [-0.3, -0.25) is 4.99 Å². The van der Waals surface area contributed by atoms with Crippen LogP contribution in [0.5, 0.6) is 0 Å². The molecule has 0 aromatic heterocycles. The molecule has 1 saturated heterocycles. The van der Waals surface area contributed by atoms with Crippen molar-refractivity contribution in [3.8, 4) is 0 Å². The summed E-state index contributed by atoms with van der Waals surface area (Å²) >= 11 is 0. The molecular formula is C15H23FIN3O. The van der Waals surface area contributed by atoms with Crippen molar-refractivity contribution in [3.05, 3.63) is 35.6 Å². The van der Waals surface area contributed by atoms with E-state index in [9.17, 15) is 4.39 Å². The van der Waals surface area contributed by atoms with E-state index in [1.807, 2.05) is 6.07 Å². The molecule has 1 aromatic rings. The van der Waals surface area contributed by atoms with Gasteiger partial charge in [0.15, 0.2) is 5.96 Å². The van der Waals surface area contributed by atoms with Gasteiger partial charge in [0.25, 0.3) is 0 Å². The van der Waals surface area contributed by atoms with Gasteiger partial charge < -0.3 is 15.4 Å². The highest BCUT2D eigenvalue weighted by atomic mass is 127. The third kappa shape index (κ3) is 6.60. The number of halogens is 2. The lowest BCUT2D eigenvalue weighted by atomic mass is 10.1. The van der Waals surface area contributed by atoms with Crippen LogP contribution in [0.3, 0.4) is 0 Å². The lowest BCUT2D eigenvalue weighted by Crippen LogP contribution is -2.41. The molecule has 0 amide bonds. The lowest BCUT2D eigenvalue weighted by Gasteiger charge is -2.15. The maximum absolute atomic E-state index is 13.0. The first kappa shape index (κ1) is 18.2. The fourth-order valence-corrected chi connectivity index (χ4v) is 2.25. The fraction of sp³-hybridized carbons (Fsp3) is 0.533. The molecule has 1 fully saturated rings. The molecule has 1 heterocycles. The van der Waals surface area contributed by atoms with E-state index < -0.39 is 0 Å². The molecule has 2 N–H and O–H groups in total. The van der Waals surface area contributed by atoms with Gasteiger partial charge in [-0.25, -0.2) is 4.39 Å². The highest BCUT2D eigenvalue weighted by Crippen LogP contribution is 2.10. The van der Waals surface area contributed by atoms with E-state index in [1.165, 1.54) is 6.07 Å². The van der Waals surface area contributed by atoms with Gasteiger partial charge in [-0.1, -0.05) is 12.1 Å². The second-order valence-corrected chi connectivity index (χ2v) is 4.89. The fourth-order valence-electron chi connectivity index (χ4n) is 2.25. The zero-order valence-electron chi connectivity index (χ0n) is 12.3. The van der Waals surface area contributed by atoms with Crippen LogP contribution in [0.15, 0.2) is 29.3 Å². The van der Waals surface area contributed by atoms with Crippen molar-refractivity contribution < 1.29 is 9.13 Å². The average Bonchev–Trinajstić information content (AvgIpc) is 2.96. The summed E-state index contributed by atoms with van der Waals surface area (Å²) in [5.41, 5.74) is 0.979. The molecule has 1 atom stereocenters. The Hall–Kier alpha value is -0.890. The Kier molecular flexibility index (Phi) is 8.60. The van der Waals surface area contributed by atoms with Crippen LogP contribution in [0, 0.1) is 5.82 Å². The summed E-state index contributed by atoms with van der Waals surface area (Å²) in [4.78, 5) is 4.16. The number of nitrogens with zero attached hydrogens (tertiary/aromatic N) is 1. The van der Waals surface area contributed by atoms with Crippen LogP contribution in [0.4, 0.5) is 4.39 Å². The number of rotatable bonds is 5. The lowest BCUT2D eigenvalue weighted by molar-refractivity contribution is 0.114. The predicted molar refractivity (Wildman–Crippen MR) is 93.9 cm³/mol. The number of guanidine groups is 1. The van der Waals surface area contributed by atoms with Crippen LogP contribution in [0.25, 0.3) is 0 Å². The van der Waals surface area contributed by atoms with E-state index >= 15 is 0 Å². The first-order valence-corrected chi connectivity index (χ1v) is 7.08. The van der Waals surface area contributed by atoms with E-state index in [2.05, 4.69) is 15.6 Å². The summed E-state index contributed by atoms with van der Waals surface area (Å²) in [5.74, 6) is 0.570. The molecular weight excluding hydrogens is 384 g/mol. The van der Waals surface area contributed by atoms with Crippen LogP contribution < -0.4 is 10.6 Å². The highest BCUT2D eigenvalue weighted by molar-refractivity contribution is 14.0. The molecule has 1 aliphatic heterocycles. The smallest absolute Gasteiger partial charge is 0.191 e. The van der Waals surface area contributed by atoms with Crippen molar-refractivity contribution in [2.45, 2.75) is 25.4 Å². The van der Waals surface area contributed by atoms with Gasteiger partial charge in [0.2, 0.25) is 0 Å². The summed E-state index contributed by atoms with van der Waals surface area (Å²) < 4.78 is 18.6. The minimum Gasteiger partial charge on any atom is -0.376 e. The maximum Gasteiger partial charge on any atom is 0.191 e. The first-order chi connectivity index (χ1) is 9.78. The Labute approximate surface area is 142 Å². The summed E-state index contributed by atoms with van der Waals surface area (Å²) in [5, 5.41) is 6.47. The monoisotopic (exact) mass is 407 g/mol. The van der Waals surface area contributed by atoms with E-state index in [0.29, 0.717) is 6.54 Å². The number of benzene rings is 1. The molecule has 21 heavy (non-hydrogen) atoms. The van der Waals surface area contributed by atoms with Gasteiger partial charge in [0.05, 0.1) is 6.10 Å². The Bertz CT molecular complexity index is 450. The second-order valence-electron chi connectivity index (χ2n) is 4.89. The molecule has 1 unspecified atom stereocenters. The van der Waals surface area contributed by atoms with Gasteiger partial charge in [-0.05, 0) is 37.0 Å². The van der Waals surface area contributed by atoms with Gasteiger partial charge in [0, 0.05) is 26.7 Å². The summed E-state index contributed by atoms with van der Waals surface area (Å²) in [7, 11) is 1.74. The molecule has 6 heteroatoms. The molecule has 0 aliphatic carbocycles. The second kappa shape index (κ2) is 9.94. The zero-order valence-corrected chi connectivity index (χ0v) is 14.6. The SMILES string of the molecule is CN=C(NCCc1cccc(F)c1)NCC1CCCO1.I. The van der Waals surface area contributed by atoms with Crippen molar-refractivity contribution in [2.24, 2.45) is 4.99 Å². The Morgan fingerprint density at radius 3 is 2.95 bits per heavy atom. The van der Waals surface area contributed by atoms with E-state index in [0.717, 1.165) is 43.9 Å². The number of aliphatic imine (C=N–C) groups is 1. The number of hydrogen-bond acceptors (Lipinski definition) is 2. The third-order valence-electron chi connectivity index (χ3n) is 3.34. The van der Waals surface area contributed by atoms with Crippen molar-refractivity contribution in [3.63, 3.8) is 0 Å². The summed E-state index contributed by atoms with van der Waals surface area (Å²) in [6.45, 7) is 2.35. The van der Waals surface area contributed by atoms with Gasteiger partial charge >= 0.3 is 0 Å². The number of ether oxygens (including phenoxy) is 1. The topological polar surface area (TPSA) is 45.7 Å². The number of nitrogens with one attached hydrogen (secondary N) is 2. The average molecular weight is 407 g/mol. The van der Waals surface area contributed by atoms with Crippen molar-refractivity contribution in [1.82, 2.24) is 10.6 Å². The minimum absolute atomic E-state index is 0. The normalized spacial score (nSPS) is 18.2. The molecule has 118 valence electrons. The Balaban J connectivity index is 0.00000220. The quantitative estimate of drug-likeness (QED) is 0.448. The van der Waals surface area contributed by atoms with E-state index in [1.54, 1.807) is 19.2 Å². The molecule has 0 radical (unpaired) electrons. The van der Waals surface area contributed by atoms with Crippen molar-refractivity contribution in [1.29, 1.82) is 0 Å². The van der Waals surface area contributed by atoms with Gasteiger partial charge in [0.1, 0.15) is 5.82 Å². The number of hydrogen-bond donors (Lipinski definition) is 2. The van der Waals surface area contributed by atoms with E-state index in [4.69, 9.17) is 4.74 Å². The first-order valence-electron chi connectivity index (χ1n) is 7.08. The minimum atomic E-state index is -0.191. The largest absolute Gasteiger partial charge is 0.376 e. The molecule has 0 spiro atoms. The van der Waals surface area contributed by atoms with Crippen LogP contribution in [0.1, 0.15) is 18.4 Å². The predicted octanol–water partition coefficient (Wildman–Crippen LogP) is 2.33. The van der Waals surface area contributed by atoms with Gasteiger partial charge in [-0.2, -0.15) is 0 Å². The highest BCUT2D eigenvalue weighted by Gasteiger charge is 2.15. The Morgan fingerprint density at radius 2 is 2.29 bits per heavy atom. The molecule has 0 saturated carbocycles. The maximum atomic E-state index is 13.0. The van der Waals surface area contributed by atoms with Crippen molar-refractivity contribution in [2.75, 3.05) is 26.7 Å². The van der Waals surface area contributed by atoms with Crippen LogP contribution in [-0.2, 0) is 11.2 Å². The van der Waals surface area contributed by atoms with Crippen LogP contribution in [0.2, 0.25) is 0 Å². The van der Waals surface area contributed by atoms with Crippen molar-refractivity contribution >= 4 is 29.9 Å². The molecule has 1 aromatic carbocycles. The molecule has 0 bridgehead atoms.